The Bertz CT molecular complexity index is 1510. The third-order valence-electron chi connectivity index (χ3n) is 6.86. The van der Waals surface area contributed by atoms with Crippen LogP contribution in [0.25, 0.3) is 11.1 Å². The highest BCUT2D eigenvalue weighted by Crippen LogP contribution is 2.57. The number of phenols is 2. The summed E-state index contributed by atoms with van der Waals surface area (Å²) in [4.78, 5) is 25.6. The summed E-state index contributed by atoms with van der Waals surface area (Å²) in [6.07, 6.45) is 0. The van der Waals surface area contributed by atoms with Gasteiger partial charge < -0.3 is 19.7 Å². The van der Waals surface area contributed by atoms with Gasteiger partial charge in [-0.25, -0.2) is 9.59 Å². The first kappa shape index (κ1) is 25.5. The third-order valence-corrected chi connectivity index (χ3v) is 7.35. The van der Waals surface area contributed by atoms with E-state index in [-0.39, 0.29) is 35.8 Å². The van der Waals surface area contributed by atoms with Gasteiger partial charge in [0.25, 0.3) is 0 Å². The Balaban J connectivity index is 1.90. The van der Waals surface area contributed by atoms with E-state index >= 15 is 0 Å². The zero-order valence-electron chi connectivity index (χ0n) is 20.8. The van der Waals surface area contributed by atoms with Crippen LogP contribution >= 0.6 is 15.9 Å². The maximum atomic E-state index is 12.8. The molecule has 0 spiro atoms. The van der Waals surface area contributed by atoms with Crippen molar-refractivity contribution in [3.63, 3.8) is 0 Å². The van der Waals surface area contributed by atoms with Crippen molar-refractivity contribution in [2.75, 3.05) is 13.2 Å². The van der Waals surface area contributed by atoms with Crippen LogP contribution < -0.4 is 0 Å². The molecule has 0 fully saturated rings. The van der Waals surface area contributed by atoms with Crippen molar-refractivity contribution in [1.29, 1.82) is 0 Å². The number of esters is 2. The first-order valence-electron chi connectivity index (χ1n) is 12.2. The second-order valence-electron chi connectivity index (χ2n) is 8.89. The van der Waals surface area contributed by atoms with Gasteiger partial charge in [0.2, 0.25) is 0 Å². The Hall–Kier alpha value is -4.10. The molecule has 5 rings (SSSR count). The summed E-state index contributed by atoms with van der Waals surface area (Å²) < 4.78 is 11.3. The normalized spacial score (nSPS) is 12.9. The summed E-state index contributed by atoms with van der Waals surface area (Å²) in [5, 5.41) is 21.1. The number of aromatic hydroxyl groups is 2. The molecule has 6 nitrogen and oxygen atoms in total. The molecule has 0 aromatic heterocycles. The highest BCUT2D eigenvalue weighted by Gasteiger charge is 2.47. The Morgan fingerprint density at radius 1 is 0.711 bits per heavy atom. The molecule has 4 aromatic carbocycles. The van der Waals surface area contributed by atoms with Crippen LogP contribution in [0.3, 0.4) is 0 Å². The van der Waals surface area contributed by atoms with Crippen LogP contribution in [0.5, 0.6) is 11.5 Å². The molecule has 0 saturated heterocycles. The van der Waals surface area contributed by atoms with Crippen LogP contribution in [-0.2, 0) is 14.9 Å². The molecule has 0 bridgehead atoms. The fourth-order valence-corrected chi connectivity index (χ4v) is 5.68. The van der Waals surface area contributed by atoms with Crippen LogP contribution in [0.4, 0.5) is 0 Å². The van der Waals surface area contributed by atoms with Crippen LogP contribution in [-0.4, -0.2) is 35.4 Å². The Labute approximate surface area is 228 Å². The smallest absolute Gasteiger partial charge is 0.341 e. The molecule has 0 atom stereocenters. The number of halogens is 1. The minimum absolute atomic E-state index is 0.0362. The number of rotatable bonds is 6. The van der Waals surface area contributed by atoms with E-state index in [4.69, 9.17) is 9.47 Å². The third kappa shape index (κ3) is 3.94. The van der Waals surface area contributed by atoms with Crippen molar-refractivity contribution in [2.45, 2.75) is 19.3 Å². The molecule has 1 aliphatic rings. The van der Waals surface area contributed by atoms with Gasteiger partial charge in [0.1, 0.15) is 22.6 Å². The number of fused-ring (bicyclic) bond motifs is 3. The highest BCUT2D eigenvalue weighted by atomic mass is 79.9. The molecule has 7 heteroatoms. The number of ether oxygens (including phenoxy) is 2. The number of hydrogen-bond acceptors (Lipinski definition) is 6. The van der Waals surface area contributed by atoms with Gasteiger partial charge in [-0.1, -0.05) is 58.4 Å². The molecule has 2 N–H and O–H groups in total. The molecule has 0 amide bonds. The summed E-state index contributed by atoms with van der Waals surface area (Å²) in [6.45, 7) is 3.73. The lowest BCUT2D eigenvalue weighted by atomic mass is 9.67. The van der Waals surface area contributed by atoms with Gasteiger partial charge in [0.15, 0.2) is 0 Å². The monoisotopic (exact) mass is 572 g/mol. The summed E-state index contributed by atoms with van der Waals surface area (Å²) in [5.41, 5.74) is 4.25. The predicted octanol–water partition coefficient (Wildman–Crippen LogP) is 6.58. The number of carbonyl (C=O) groups is 2. The van der Waals surface area contributed by atoms with Crippen molar-refractivity contribution in [3.8, 4) is 22.6 Å². The van der Waals surface area contributed by atoms with E-state index in [2.05, 4.69) is 15.9 Å². The fourth-order valence-electron chi connectivity index (χ4n) is 5.32. The first-order valence-corrected chi connectivity index (χ1v) is 13.0. The number of phenolic OH excluding ortho intramolecular Hbond substituents is 2. The fraction of sp³-hybridized carbons (Fsp3) is 0.161. The van der Waals surface area contributed by atoms with Crippen LogP contribution in [0, 0.1) is 0 Å². The topological polar surface area (TPSA) is 93.1 Å². The molecule has 0 radical (unpaired) electrons. The zero-order chi connectivity index (χ0) is 27.0. The lowest BCUT2D eigenvalue weighted by Crippen LogP contribution is -2.29. The van der Waals surface area contributed by atoms with Crippen molar-refractivity contribution < 1.29 is 29.3 Å². The van der Waals surface area contributed by atoms with E-state index in [1.165, 1.54) is 12.1 Å². The molecule has 192 valence electrons. The highest BCUT2D eigenvalue weighted by molar-refractivity contribution is 9.10. The van der Waals surface area contributed by atoms with E-state index in [1.807, 2.05) is 42.5 Å². The average molecular weight is 573 g/mol. The summed E-state index contributed by atoms with van der Waals surface area (Å²) >= 11 is 3.62. The molecule has 4 aromatic rings. The Morgan fingerprint density at radius 2 is 1.24 bits per heavy atom. The molecule has 38 heavy (non-hydrogen) atoms. The van der Waals surface area contributed by atoms with E-state index < -0.39 is 17.4 Å². The van der Waals surface area contributed by atoms with E-state index in [1.54, 1.807) is 38.1 Å². The molecule has 0 unspecified atom stereocenters. The van der Waals surface area contributed by atoms with Crippen molar-refractivity contribution >= 4 is 27.9 Å². The molecule has 0 aliphatic heterocycles. The maximum absolute atomic E-state index is 12.8. The van der Waals surface area contributed by atoms with Crippen LogP contribution in [0.15, 0.2) is 83.3 Å². The van der Waals surface area contributed by atoms with Crippen molar-refractivity contribution in [1.82, 2.24) is 0 Å². The van der Waals surface area contributed by atoms with Crippen LogP contribution in [0.2, 0.25) is 0 Å². The van der Waals surface area contributed by atoms with Crippen molar-refractivity contribution in [2.24, 2.45) is 0 Å². The summed E-state index contributed by atoms with van der Waals surface area (Å²) in [7, 11) is 0. The second kappa shape index (κ2) is 9.99. The zero-order valence-corrected chi connectivity index (χ0v) is 22.4. The summed E-state index contributed by atoms with van der Waals surface area (Å²) in [6, 6.07) is 23.7. The average Bonchev–Trinajstić information content (AvgIpc) is 3.20. The number of hydrogen-bond donors (Lipinski definition) is 2. The SMILES string of the molecule is CCOC(=O)c1cc(C2(c3ccc(O)c(C(=O)OCC)c3)c3ccccc3-c3ccc(Br)cc32)ccc1O. The van der Waals surface area contributed by atoms with Gasteiger partial charge in [-0.3, -0.25) is 0 Å². The standard InChI is InChI=1S/C31H25BrO6/c1-3-37-29(35)23-15-18(9-13-27(23)33)31(19-10-14-28(34)24(16-19)30(36)38-4-2)25-8-6-5-7-21(25)22-12-11-20(32)17-26(22)31/h5-17,33-34H,3-4H2,1-2H3. The lowest BCUT2D eigenvalue weighted by Gasteiger charge is -2.34. The van der Waals surface area contributed by atoms with Gasteiger partial charge in [0, 0.05) is 4.47 Å². The molecular formula is C31H25BrO6. The van der Waals surface area contributed by atoms with E-state index in [9.17, 15) is 19.8 Å². The predicted molar refractivity (Wildman–Crippen MR) is 147 cm³/mol. The Morgan fingerprint density at radius 3 is 1.79 bits per heavy atom. The number of carbonyl (C=O) groups excluding carboxylic acids is 2. The minimum atomic E-state index is -1.00. The van der Waals surface area contributed by atoms with E-state index in [0.717, 1.165) is 26.7 Å². The maximum Gasteiger partial charge on any atom is 0.341 e. The van der Waals surface area contributed by atoms with Gasteiger partial charge in [-0.05, 0) is 83.6 Å². The quantitative estimate of drug-likeness (QED) is 0.223. The first-order chi connectivity index (χ1) is 18.3. The lowest BCUT2D eigenvalue weighted by molar-refractivity contribution is 0.0513. The van der Waals surface area contributed by atoms with E-state index in [0.29, 0.717) is 11.1 Å². The van der Waals surface area contributed by atoms with Gasteiger partial charge >= 0.3 is 11.9 Å². The summed E-state index contributed by atoms with van der Waals surface area (Å²) in [5.74, 6) is -1.66. The largest absolute Gasteiger partial charge is 0.507 e. The minimum Gasteiger partial charge on any atom is -0.507 e. The molecular weight excluding hydrogens is 548 g/mol. The van der Waals surface area contributed by atoms with Gasteiger partial charge in [-0.2, -0.15) is 0 Å². The van der Waals surface area contributed by atoms with Crippen LogP contribution in [0.1, 0.15) is 56.8 Å². The number of benzene rings is 4. The molecule has 0 heterocycles. The Kier molecular flexibility index (Phi) is 6.71. The van der Waals surface area contributed by atoms with Gasteiger partial charge in [-0.15, -0.1) is 0 Å². The van der Waals surface area contributed by atoms with Gasteiger partial charge in [0.05, 0.1) is 18.6 Å². The van der Waals surface area contributed by atoms with Crippen molar-refractivity contribution in [3.05, 3.63) is 117 Å². The second-order valence-corrected chi connectivity index (χ2v) is 9.81. The molecule has 0 saturated carbocycles. The molecule has 1 aliphatic carbocycles.